The molecule has 2 nitrogen and oxygen atoms in total. The fourth-order valence-corrected chi connectivity index (χ4v) is 2.33. The summed E-state index contributed by atoms with van der Waals surface area (Å²) in [7, 11) is 0. The van der Waals surface area contributed by atoms with Crippen LogP contribution >= 0.6 is 0 Å². The van der Waals surface area contributed by atoms with Gasteiger partial charge in [0.2, 0.25) is 0 Å². The first kappa shape index (κ1) is 14.0. The molecule has 96 valence electrons. The van der Waals surface area contributed by atoms with Crippen LogP contribution in [0.15, 0.2) is 0 Å². The Morgan fingerprint density at radius 3 is 2.19 bits per heavy atom. The molecular weight excluding hydrogens is 198 g/mol. The molecule has 1 aliphatic rings. The molecule has 0 aromatic rings. The summed E-state index contributed by atoms with van der Waals surface area (Å²) in [6, 6.07) is 0. The van der Waals surface area contributed by atoms with Crippen molar-refractivity contribution >= 4 is 0 Å². The Morgan fingerprint density at radius 2 is 1.62 bits per heavy atom. The highest BCUT2D eigenvalue weighted by Gasteiger charge is 2.15. The summed E-state index contributed by atoms with van der Waals surface area (Å²) in [6.07, 6.45) is 8.95. The summed E-state index contributed by atoms with van der Waals surface area (Å²) in [6.45, 7) is 8.76. The maximum Gasteiger partial charge on any atom is 0.0675 e. The lowest BCUT2D eigenvalue weighted by atomic mass is 10.1. The van der Waals surface area contributed by atoms with Crippen LogP contribution in [0.25, 0.3) is 0 Å². The molecule has 1 fully saturated rings. The first-order chi connectivity index (χ1) is 7.68. The zero-order chi connectivity index (χ0) is 11.8. The minimum absolute atomic E-state index is 0.363. The second-order valence-electron chi connectivity index (χ2n) is 5.61. The molecule has 0 aromatic carbocycles. The van der Waals surface area contributed by atoms with Gasteiger partial charge >= 0.3 is 0 Å². The van der Waals surface area contributed by atoms with Crippen LogP contribution in [0.3, 0.4) is 0 Å². The average molecular weight is 227 g/mol. The van der Waals surface area contributed by atoms with Crippen LogP contribution in [0.4, 0.5) is 0 Å². The number of hydrogen-bond donors (Lipinski definition) is 1. The molecule has 0 radical (unpaired) electrons. The van der Waals surface area contributed by atoms with E-state index in [0.29, 0.717) is 12.2 Å². The van der Waals surface area contributed by atoms with Crippen LogP contribution in [0, 0.1) is 5.92 Å². The van der Waals surface area contributed by atoms with Crippen molar-refractivity contribution in [1.82, 2.24) is 5.32 Å². The van der Waals surface area contributed by atoms with Gasteiger partial charge in [-0.1, -0.05) is 39.5 Å². The maximum absolute atomic E-state index is 6.09. The summed E-state index contributed by atoms with van der Waals surface area (Å²) >= 11 is 0. The Bertz CT molecular complexity index is 162. The van der Waals surface area contributed by atoms with Gasteiger partial charge in [-0.25, -0.2) is 0 Å². The van der Waals surface area contributed by atoms with E-state index in [4.69, 9.17) is 4.74 Å². The fraction of sp³-hybridized carbons (Fsp3) is 1.00. The van der Waals surface area contributed by atoms with Crippen molar-refractivity contribution in [2.75, 3.05) is 13.1 Å². The van der Waals surface area contributed by atoms with Crippen LogP contribution in [-0.4, -0.2) is 25.3 Å². The van der Waals surface area contributed by atoms with Gasteiger partial charge in [0.15, 0.2) is 0 Å². The van der Waals surface area contributed by atoms with Gasteiger partial charge < -0.3 is 10.1 Å². The third-order valence-electron chi connectivity index (χ3n) is 3.21. The zero-order valence-corrected chi connectivity index (χ0v) is 11.3. The molecule has 16 heavy (non-hydrogen) atoms. The van der Waals surface area contributed by atoms with Crippen LogP contribution in [-0.2, 0) is 4.74 Å². The molecule has 1 atom stereocenters. The minimum atomic E-state index is 0.363. The van der Waals surface area contributed by atoms with Crippen LogP contribution in [0.5, 0.6) is 0 Å². The predicted octanol–water partition coefficient (Wildman–Crippen LogP) is 3.36. The van der Waals surface area contributed by atoms with Crippen molar-refractivity contribution in [2.45, 2.75) is 71.5 Å². The molecule has 0 heterocycles. The van der Waals surface area contributed by atoms with E-state index in [1.165, 1.54) is 38.5 Å². The Morgan fingerprint density at radius 1 is 1.00 bits per heavy atom. The summed E-state index contributed by atoms with van der Waals surface area (Å²) in [5, 5.41) is 3.46. The Kier molecular flexibility index (Phi) is 7.06. The van der Waals surface area contributed by atoms with Crippen molar-refractivity contribution in [3.8, 4) is 0 Å². The second kappa shape index (κ2) is 8.08. The quantitative estimate of drug-likeness (QED) is 0.703. The van der Waals surface area contributed by atoms with E-state index in [0.717, 1.165) is 19.0 Å². The van der Waals surface area contributed by atoms with Crippen LogP contribution < -0.4 is 5.32 Å². The van der Waals surface area contributed by atoms with Gasteiger partial charge in [-0.2, -0.15) is 0 Å². The first-order valence-electron chi connectivity index (χ1n) is 7.04. The molecule has 0 spiro atoms. The third-order valence-corrected chi connectivity index (χ3v) is 3.21. The maximum atomic E-state index is 6.09. The minimum Gasteiger partial charge on any atom is -0.374 e. The normalized spacial score (nSPS) is 21.0. The van der Waals surface area contributed by atoms with E-state index in [2.05, 4.69) is 26.1 Å². The summed E-state index contributed by atoms with van der Waals surface area (Å²) < 4.78 is 6.09. The van der Waals surface area contributed by atoms with E-state index in [-0.39, 0.29) is 0 Å². The molecule has 1 N–H and O–H groups in total. The van der Waals surface area contributed by atoms with Crippen molar-refractivity contribution in [1.29, 1.82) is 0 Å². The second-order valence-corrected chi connectivity index (χ2v) is 5.61. The molecule has 0 amide bonds. The highest BCUT2D eigenvalue weighted by molar-refractivity contribution is 4.67. The molecule has 0 aliphatic heterocycles. The SMILES string of the molecule is CC(C)CNCC(C)OC1CCCCCC1. The number of nitrogens with one attached hydrogen (secondary N) is 1. The number of rotatable bonds is 6. The lowest BCUT2D eigenvalue weighted by molar-refractivity contribution is -0.00888. The van der Waals surface area contributed by atoms with Gasteiger partial charge in [-0.3, -0.25) is 0 Å². The number of hydrogen-bond acceptors (Lipinski definition) is 2. The Labute approximate surface area is 101 Å². The Balaban J connectivity index is 2.09. The molecule has 2 heteroatoms. The molecule has 1 saturated carbocycles. The van der Waals surface area contributed by atoms with Gasteiger partial charge in [-0.15, -0.1) is 0 Å². The fourth-order valence-electron chi connectivity index (χ4n) is 2.33. The lowest BCUT2D eigenvalue weighted by Gasteiger charge is -2.21. The van der Waals surface area contributed by atoms with E-state index in [1.54, 1.807) is 0 Å². The van der Waals surface area contributed by atoms with Gasteiger partial charge in [0.1, 0.15) is 0 Å². The van der Waals surface area contributed by atoms with Crippen molar-refractivity contribution in [3.05, 3.63) is 0 Å². The number of ether oxygens (including phenoxy) is 1. The molecule has 1 rings (SSSR count). The summed E-state index contributed by atoms with van der Waals surface area (Å²) in [5.41, 5.74) is 0. The molecule has 1 aliphatic carbocycles. The van der Waals surface area contributed by atoms with Gasteiger partial charge in [0.25, 0.3) is 0 Å². The van der Waals surface area contributed by atoms with E-state index < -0.39 is 0 Å². The van der Waals surface area contributed by atoms with Crippen LogP contribution in [0.1, 0.15) is 59.3 Å². The Hall–Kier alpha value is -0.0800. The molecule has 1 unspecified atom stereocenters. The molecule has 0 aromatic heterocycles. The molecule has 0 bridgehead atoms. The van der Waals surface area contributed by atoms with Gasteiger partial charge in [-0.05, 0) is 32.2 Å². The molecular formula is C14H29NO. The molecule has 0 saturated heterocycles. The first-order valence-corrected chi connectivity index (χ1v) is 7.04. The smallest absolute Gasteiger partial charge is 0.0675 e. The predicted molar refractivity (Wildman–Crippen MR) is 69.7 cm³/mol. The largest absolute Gasteiger partial charge is 0.374 e. The third kappa shape index (κ3) is 6.49. The van der Waals surface area contributed by atoms with Crippen molar-refractivity contribution in [3.63, 3.8) is 0 Å². The van der Waals surface area contributed by atoms with E-state index in [9.17, 15) is 0 Å². The monoisotopic (exact) mass is 227 g/mol. The average Bonchev–Trinajstić information content (AvgIpc) is 2.45. The van der Waals surface area contributed by atoms with Crippen molar-refractivity contribution in [2.24, 2.45) is 5.92 Å². The zero-order valence-electron chi connectivity index (χ0n) is 11.3. The van der Waals surface area contributed by atoms with E-state index in [1.807, 2.05) is 0 Å². The summed E-state index contributed by atoms with van der Waals surface area (Å²) in [5.74, 6) is 0.727. The standard InChI is InChI=1S/C14H29NO/c1-12(2)10-15-11-13(3)16-14-8-6-4-5-7-9-14/h12-15H,4-11H2,1-3H3. The van der Waals surface area contributed by atoms with E-state index >= 15 is 0 Å². The highest BCUT2D eigenvalue weighted by Crippen LogP contribution is 2.20. The lowest BCUT2D eigenvalue weighted by Crippen LogP contribution is -2.32. The summed E-state index contributed by atoms with van der Waals surface area (Å²) in [4.78, 5) is 0. The highest BCUT2D eigenvalue weighted by atomic mass is 16.5. The van der Waals surface area contributed by atoms with Crippen LogP contribution in [0.2, 0.25) is 0 Å². The van der Waals surface area contributed by atoms with Gasteiger partial charge in [0.05, 0.1) is 12.2 Å². The van der Waals surface area contributed by atoms with Gasteiger partial charge in [0, 0.05) is 6.54 Å². The van der Waals surface area contributed by atoms with Crippen molar-refractivity contribution < 1.29 is 4.74 Å². The topological polar surface area (TPSA) is 21.3 Å².